The highest BCUT2D eigenvalue weighted by Crippen LogP contribution is 2.11. The van der Waals surface area contributed by atoms with Crippen molar-refractivity contribution >= 4 is 23.4 Å². The summed E-state index contributed by atoms with van der Waals surface area (Å²) < 4.78 is 0. The fourth-order valence-electron chi connectivity index (χ4n) is 1.25. The minimum Gasteiger partial charge on any atom is -0.478 e. The molecule has 0 aliphatic heterocycles. The van der Waals surface area contributed by atoms with Gasteiger partial charge in [0.05, 0.1) is 0 Å². The molecular formula is C15H16O2S. The molecule has 3 heteroatoms. The number of allylic oxidation sites excluding steroid dienone is 6. The number of hydrogen-bond donors (Lipinski definition) is 1. The molecule has 0 saturated carbocycles. The van der Waals surface area contributed by atoms with E-state index >= 15 is 0 Å². The summed E-state index contributed by atoms with van der Waals surface area (Å²) in [7, 11) is 0. The van der Waals surface area contributed by atoms with Gasteiger partial charge in [-0.2, -0.15) is 0 Å². The van der Waals surface area contributed by atoms with Crippen LogP contribution in [-0.4, -0.2) is 11.1 Å². The first-order valence-electron chi connectivity index (χ1n) is 5.55. The molecule has 2 nitrogen and oxygen atoms in total. The van der Waals surface area contributed by atoms with Gasteiger partial charge in [-0.1, -0.05) is 35.9 Å². The highest BCUT2D eigenvalue weighted by atomic mass is 32.1. The van der Waals surface area contributed by atoms with Gasteiger partial charge in [-0.3, -0.25) is 0 Å². The predicted molar refractivity (Wildman–Crippen MR) is 77.6 cm³/mol. The molecule has 94 valence electrons. The van der Waals surface area contributed by atoms with E-state index in [-0.39, 0.29) is 0 Å². The van der Waals surface area contributed by atoms with Crippen molar-refractivity contribution in [3.63, 3.8) is 0 Å². The minimum absolute atomic E-state index is 0.716. The molecule has 0 fully saturated rings. The lowest BCUT2D eigenvalue weighted by Gasteiger charge is -1.90. The molecule has 18 heavy (non-hydrogen) atoms. The monoisotopic (exact) mass is 260 g/mol. The third-order valence-electron chi connectivity index (χ3n) is 2.12. The smallest absolute Gasteiger partial charge is 0.328 e. The fraction of sp³-hybridized carbons (Fsp3) is 0.133. The summed E-state index contributed by atoms with van der Waals surface area (Å²) in [6.45, 7) is 3.76. The van der Waals surface area contributed by atoms with Crippen LogP contribution < -0.4 is 0 Å². The molecular weight excluding hydrogens is 244 g/mol. The van der Waals surface area contributed by atoms with Gasteiger partial charge in [0.25, 0.3) is 0 Å². The van der Waals surface area contributed by atoms with Gasteiger partial charge in [0.15, 0.2) is 0 Å². The number of aliphatic carboxylic acids is 1. The number of rotatable bonds is 5. The first kappa shape index (κ1) is 14.2. The zero-order chi connectivity index (χ0) is 13.4. The van der Waals surface area contributed by atoms with E-state index in [2.05, 4.69) is 12.1 Å². The lowest BCUT2D eigenvalue weighted by molar-refractivity contribution is -0.131. The van der Waals surface area contributed by atoms with Crippen LogP contribution in [0.25, 0.3) is 6.08 Å². The van der Waals surface area contributed by atoms with Crippen molar-refractivity contribution in [1.29, 1.82) is 0 Å². The van der Waals surface area contributed by atoms with E-state index in [0.29, 0.717) is 5.57 Å². The molecule has 0 aromatic carbocycles. The maximum atomic E-state index is 10.4. The molecule has 0 atom stereocenters. The van der Waals surface area contributed by atoms with E-state index in [1.807, 2.05) is 36.6 Å². The SMILES string of the molecule is CC(C=Cc1cccs1)=CC=CC(C)=CC(=O)O. The normalized spacial score (nSPS) is 13.7. The van der Waals surface area contributed by atoms with Crippen LogP contribution in [0.3, 0.4) is 0 Å². The Labute approximate surface area is 111 Å². The maximum absolute atomic E-state index is 10.4. The highest BCUT2D eigenvalue weighted by Gasteiger charge is 1.88. The average Bonchev–Trinajstić information content (AvgIpc) is 2.78. The Morgan fingerprint density at radius 2 is 2.06 bits per heavy atom. The van der Waals surface area contributed by atoms with Crippen molar-refractivity contribution in [1.82, 2.24) is 0 Å². The Bertz CT molecular complexity index is 503. The average molecular weight is 260 g/mol. The van der Waals surface area contributed by atoms with E-state index in [1.165, 1.54) is 11.0 Å². The minimum atomic E-state index is -0.921. The van der Waals surface area contributed by atoms with E-state index in [0.717, 1.165) is 5.57 Å². The molecule has 1 rings (SSSR count). The van der Waals surface area contributed by atoms with Gasteiger partial charge in [-0.25, -0.2) is 4.79 Å². The topological polar surface area (TPSA) is 37.3 Å². The molecule has 0 saturated heterocycles. The lowest BCUT2D eigenvalue weighted by Crippen LogP contribution is -1.87. The standard InChI is InChI=1S/C15H16O2S/c1-12(8-9-14-7-4-10-18-14)5-3-6-13(2)11-15(16)17/h3-11H,1-2H3,(H,16,17). The van der Waals surface area contributed by atoms with Crippen LogP contribution in [0.5, 0.6) is 0 Å². The molecule has 0 bridgehead atoms. The van der Waals surface area contributed by atoms with Gasteiger partial charge < -0.3 is 5.11 Å². The first-order valence-corrected chi connectivity index (χ1v) is 6.43. The van der Waals surface area contributed by atoms with Gasteiger partial charge >= 0.3 is 5.97 Å². The molecule has 1 aromatic heterocycles. The molecule has 0 aliphatic carbocycles. The Hall–Kier alpha value is -1.87. The number of carbonyl (C=O) groups is 1. The van der Waals surface area contributed by atoms with Crippen molar-refractivity contribution in [3.05, 3.63) is 63.9 Å². The van der Waals surface area contributed by atoms with E-state index in [1.54, 1.807) is 24.3 Å². The maximum Gasteiger partial charge on any atom is 0.328 e. The van der Waals surface area contributed by atoms with Gasteiger partial charge in [-0.15, -0.1) is 11.3 Å². The van der Waals surface area contributed by atoms with Crippen LogP contribution in [0.4, 0.5) is 0 Å². The number of thiophene rings is 1. The second kappa shape index (κ2) is 7.45. The van der Waals surface area contributed by atoms with Crippen LogP contribution in [0, 0.1) is 0 Å². The van der Waals surface area contributed by atoms with E-state index < -0.39 is 5.97 Å². The quantitative estimate of drug-likeness (QED) is 0.633. The largest absolute Gasteiger partial charge is 0.478 e. The molecule has 1 N–H and O–H groups in total. The lowest BCUT2D eigenvalue weighted by atomic mass is 10.2. The van der Waals surface area contributed by atoms with Gasteiger partial charge in [0, 0.05) is 11.0 Å². The Balaban J connectivity index is 2.57. The number of hydrogen-bond acceptors (Lipinski definition) is 2. The van der Waals surface area contributed by atoms with Crippen molar-refractivity contribution in [3.8, 4) is 0 Å². The summed E-state index contributed by atoms with van der Waals surface area (Å²) in [5, 5.41) is 10.6. The molecule has 0 unspecified atom stereocenters. The van der Waals surface area contributed by atoms with Gasteiger partial charge in [0.2, 0.25) is 0 Å². The predicted octanol–water partition coefficient (Wildman–Crippen LogP) is 4.29. The zero-order valence-electron chi connectivity index (χ0n) is 10.5. The molecule has 0 radical (unpaired) electrons. The van der Waals surface area contributed by atoms with Crippen molar-refractivity contribution in [2.75, 3.05) is 0 Å². The van der Waals surface area contributed by atoms with Crippen molar-refractivity contribution in [2.45, 2.75) is 13.8 Å². The molecule has 1 heterocycles. The van der Waals surface area contributed by atoms with E-state index in [9.17, 15) is 4.79 Å². The molecule has 0 aliphatic rings. The van der Waals surface area contributed by atoms with Gasteiger partial charge in [-0.05, 0) is 36.9 Å². The van der Waals surface area contributed by atoms with E-state index in [4.69, 9.17) is 5.11 Å². The van der Waals surface area contributed by atoms with Crippen molar-refractivity contribution in [2.24, 2.45) is 0 Å². The Morgan fingerprint density at radius 1 is 1.28 bits per heavy atom. The zero-order valence-corrected chi connectivity index (χ0v) is 11.3. The summed E-state index contributed by atoms with van der Waals surface area (Å²) in [5.41, 5.74) is 1.83. The van der Waals surface area contributed by atoms with Gasteiger partial charge in [0.1, 0.15) is 0 Å². The summed E-state index contributed by atoms with van der Waals surface area (Å²) in [5.74, 6) is -0.921. The molecule has 1 aromatic rings. The first-order chi connectivity index (χ1) is 8.58. The second-order valence-electron chi connectivity index (χ2n) is 3.85. The molecule has 0 spiro atoms. The van der Waals surface area contributed by atoms with Crippen LogP contribution in [-0.2, 0) is 4.79 Å². The molecule has 0 amide bonds. The summed E-state index contributed by atoms with van der Waals surface area (Å²) in [6.07, 6.45) is 10.8. The summed E-state index contributed by atoms with van der Waals surface area (Å²) >= 11 is 1.69. The fourth-order valence-corrected chi connectivity index (χ4v) is 1.87. The third-order valence-corrected chi connectivity index (χ3v) is 2.96. The van der Waals surface area contributed by atoms with Crippen LogP contribution in [0.1, 0.15) is 18.7 Å². The summed E-state index contributed by atoms with van der Waals surface area (Å²) in [6, 6.07) is 4.08. The third kappa shape index (κ3) is 6.01. The number of carboxylic acids is 1. The van der Waals surface area contributed by atoms with Crippen LogP contribution >= 0.6 is 11.3 Å². The van der Waals surface area contributed by atoms with Crippen LogP contribution in [0.2, 0.25) is 0 Å². The highest BCUT2D eigenvalue weighted by molar-refractivity contribution is 7.10. The van der Waals surface area contributed by atoms with Crippen molar-refractivity contribution < 1.29 is 9.90 Å². The van der Waals surface area contributed by atoms with Crippen LogP contribution in [0.15, 0.2) is 59.0 Å². The Morgan fingerprint density at radius 3 is 2.67 bits per heavy atom. The Kier molecular flexibility index (Phi) is 5.88. The second-order valence-corrected chi connectivity index (χ2v) is 4.82. The number of carboxylic acid groups (broad SMARTS) is 1. The summed E-state index contributed by atoms with van der Waals surface area (Å²) in [4.78, 5) is 11.6.